The third-order valence-electron chi connectivity index (χ3n) is 2.88. The van der Waals surface area contributed by atoms with Crippen molar-refractivity contribution >= 4 is 27.8 Å². The van der Waals surface area contributed by atoms with Crippen LogP contribution in [0.5, 0.6) is 0 Å². The second-order valence-corrected chi connectivity index (χ2v) is 5.40. The summed E-state index contributed by atoms with van der Waals surface area (Å²) in [5, 5.41) is 11.5. The molecular formula is C14H14BrN3O3. The monoisotopic (exact) mass is 351 g/mol. The second kappa shape index (κ2) is 6.53. The summed E-state index contributed by atoms with van der Waals surface area (Å²) >= 11 is 3.36. The maximum atomic E-state index is 12.0. The minimum atomic E-state index is -1.07. The van der Waals surface area contributed by atoms with Crippen LogP contribution >= 0.6 is 15.9 Å². The molecule has 21 heavy (non-hydrogen) atoms. The van der Waals surface area contributed by atoms with Gasteiger partial charge in [-0.1, -0.05) is 6.07 Å². The van der Waals surface area contributed by atoms with E-state index in [2.05, 4.69) is 26.2 Å². The summed E-state index contributed by atoms with van der Waals surface area (Å²) in [6, 6.07) is 5.51. The number of aromatic nitrogens is 2. The van der Waals surface area contributed by atoms with Crippen LogP contribution in [0.2, 0.25) is 0 Å². The van der Waals surface area contributed by atoms with Gasteiger partial charge in [-0.2, -0.15) is 0 Å². The van der Waals surface area contributed by atoms with Crippen LogP contribution in [-0.2, 0) is 6.54 Å². The fourth-order valence-electron chi connectivity index (χ4n) is 1.79. The molecule has 110 valence electrons. The standard InChI is InChI=1S/C14H14BrN3O3/c1-9-2-3-10(11(15)6-9)13(19)16-4-5-18-7-12(14(20)21)17-8-18/h2-3,6-8H,4-5H2,1H3,(H,16,19)(H,20,21). The highest BCUT2D eigenvalue weighted by Crippen LogP contribution is 2.18. The number of hydrogen-bond acceptors (Lipinski definition) is 3. The van der Waals surface area contributed by atoms with Gasteiger partial charge in [-0.3, -0.25) is 4.79 Å². The zero-order valence-corrected chi connectivity index (χ0v) is 12.9. The Morgan fingerprint density at radius 1 is 1.43 bits per heavy atom. The summed E-state index contributed by atoms with van der Waals surface area (Å²) in [7, 11) is 0. The Labute approximate surface area is 129 Å². The van der Waals surface area contributed by atoms with Gasteiger partial charge < -0.3 is 15.0 Å². The first-order chi connectivity index (χ1) is 9.97. The predicted molar refractivity (Wildman–Crippen MR) is 80.4 cm³/mol. The molecule has 0 spiro atoms. The number of imidazole rings is 1. The van der Waals surface area contributed by atoms with Gasteiger partial charge in [0.15, 0.2) is 5.69 Å². The van der Waals surface area contributed by atoms with Gasteiger partial charge in [0.25, 0.3) is 5.91 Å². The van der Waals surface area contributed by atoms with E-state index in [1.54, 1.807) is 10.6 Å². The molecule has 6 nitrogen and oxygen atoms in total. The van der Waals surface area contributed by atoms with Crippen LogP contribution in [-0.4, -0.2) is 33.1 Å². The van der Waals surface area contributed by atoms with Crippen LogP contribution in [0.3, 0.4) is 0 Å². The Balaban J connectivity index is 1.90. The van der Waals surface area contributed by atoms with Gasteiger partial charge >= 0.3 is 5.97 Å². The lowest BCUT2D eigenvalue weighted by Crippen LogP contribution is -2.27. The van der Waals surface area contributed by atoms with Crippen LogP contribution < -0.4 is 5.32 Å². The van der Waals surface area contributed by atoms with Crippen LogP contribution in [0.4, 0.5) is 0 Å². The van der Waals surface area contributed by atoms with Crippen molar-refractivity contribution in [1.82, 2.24) is 14.9 Å². The van der Waals surface area contributed by atoms with E-state index in [9.17, 15) is 9.59 Å². The van der Waals surface area contributed by atoms with Gasteiger partial charge in [0.05, 0.1) is 11.9 Å². The average Bonchev–Trinajstić information content (AvgIpc) is 2.87. The molecule has 2 N–H and O–H groups in total. The molecule has 1 amide bonds. The highest BCUT2D eigenvalue weighted by Gasteiger charge is 2.10. The topological polar surface area (TPSA) is 84.2 Å². The van der Waals surface area contributed by atoms with Crippen molar-refractivity contribution in [3.05, 3.63) is 52.0 Å². The molecule has 0 aliphatic carbocycles. The van der Waals surface area contributed by atoms with E-state index in [0.717, 1.165) is 10.0 Å². The lowest BCUT2D eigenvalue weighted by atomic mass is 10.1. The molecule has 0 bridgehead atoms. The maximum Gasteiger partial charge on any atom is 0.356 e. The highest BCUT2D eigenvalue weighted by atomic mass is 79.9. The van der Waals surface area contributed by atoms with Gasteiger partial charge in [0, 0.05) is 23.8 Å². The number of amides is 1. The number of nitrogens with zero attached hydrogens (tertiary/aromatic N) is 2. The molecule has 0 radical (unpaired) electrons. The molecule has 0 unspecified atom stereocenters. The number of nitrogens with one attached hydrogen (secondary N) is 1. The average molecular weight is 352 g/mol. The van der Waals surface area contributed by atoms with Gasteiger partial charge in [0.1, 0.15) is 0 Å². The number of carbonyl (C=O) groups excluding carboxylic acids is 1. The van der Waals surface area contributed by atoms with Gasteiger partial charge in [-0.25, -0.2) is 9.78 Å². The second-order valence-electron chi connectivity index (χ2n) is 4.54. The fraction of sp³-hybridized carbons (Fsp3) is 0.214. The molecule has 1 heterocycles. The number of hydrogen-bond donors (Lipinski definition) is 2. The Hall–Kier alpha value is -2.15. The molecule has 0 saturated carbocycles. The molecule has 0 saturated heterocycles. The summed E-state index contributed by atoms with van der Waals surface area (Å²) in [6.07, 6.45) is 2.85. The molecule has 1 aromatic heterocycles. The van der Waals surface area contributed by atoms with Crippen molar-refractivity contribution in [3.8, 4) is 0 Å². The lowest BCUT2D eigenvalue weighted by Gasteiger charge is -2.08. The molecule has 0 atom stereocenters. The first-order valence-corrected chi connectivity index (χ1v) is 7.06. The van der Waals surface area contributed by atoms with Crippen molar-refractivity contribution in [2.45, 2.75) is 13.5 Å². The molecule has 2 rings (SSSR count). The quantitative estimate of drug-likeness (QED) is 0.863. The SMILES string of the molecule is Cc1ccc(C(=O)NCCn2cnc(C(=O)O)c2)c(Br)c1. The number of rotatable bonds is 5. The molecule has 1 aromatic carbocycles. The molecule has 0 fully saturated rings. The van der Waals surface area contributed by atoms with E-state index >= 15 is 0 Å². The van der Waals surface area contributed by atoms with Crippen molar-refractivity contribution in [2.24, 2.45) is 0 Å². The first kappa shape index (κ1) is 15.2. The summed E-state index contributed by atoms with van der Waals surface area (Å²) in [5.74, 6) is -1.25. The van der Waals surface area contributed by atoms with Gasteiger partial charge in [-0.15, -0.1) is 0 Å². The predicted octanol–water partition coefficient (Wildman–Crippen LogP) is 2.08. The number of aryl methyl sites for hydroxylation is 1. The molecule has 0 aliphatic rings. The molecule has 0 aliphatic heterocycles. The number of halogens is 1. The van der Waals surface area contributed by atoms with Crippen LogP contribution in [0.15, 0.2) is 35.2 Å². The fourth-order valence-corrected chi connectivity index (χ4v) is 2.46. The third-order valence-corrected chi connectivity index (χ3v) is 3.53. The smallest absolute Gasteiger partial charge is 0.356 e. The largest absolute Gasteiger partial charge is 0.476 e. The lowest BCUT2D eigenvalue weighted by molar-refractivity contribution is 0.0690. The number of carboxylic acids is 1. The van der Waals surface area contributed by atoms with E-state index in [1.807, 2.05) is 19.1 Å². The normalized spacial score (nSPS) is 10.4. The summed E-state index contributed by atoms with van der Waals surface area (Å²) in [5.41, 5.74) is 1.62. The minimum Gasteiger partial charge on any atom is -0.476 e. The van der Waals surface area contributed by atoms with E-state index in [0.29, 0.717) is 18.7 Å². The highest BCUT2D eigenvalue weighted by molar-refractivity contribution is 9.10. The number of carbonyl (C=O) groups is 2. The Morgan fingerprint density at radius 2 is 2.19 bits per heavy atom. The molecular weight excluding hydrogens is 338 g/mol. The first-order valence-electron chi connectivity index (χ1n) is 6.27. The Bertz CT molecular complexity index is 682. The molecule has 7 heteroatoms. The van der Waals surface area contributed by atoms with E-state index in [-0.39, 0.29) is 11.6 Å². The number of carboxylic acid groups (broad SMARTS) is 1. The number of benzene rings is 1. The van der Waals surface area contributed by atoms with E-state index in [4.69, 9.17) is 5.11 Å². The summed E-state index contributed by atoms with van der Waals surface area (Å²) < 4.78 is 2.37. The van der Waals surface area contributed by atoms with Crippen LogP contribution in [0.1, 0.15) is 26.4 Å². The van der Waals surface area contributed by atoms with Gasteiger partial charge in [0.2, 0.25) is 0 Å². The van der Waals surface area contributed by atoms with Crippen molar-refractivity contribution in [1.29, 1.82) is 0 Å². The summed E-state index contributed by atoms with van der Waals surface area (Å²) in [4.78, 5) is 26.5. The molecule has 2 aromatic rings. The minimum absolute atomic E-state index is 0.0115. The van der Waals surface area contributed by atoms with E-state index in [1.165, 1.54) is 12.5 Å². The van der Waals surface area contributed by atoms with Crippen molar-refractivity contribution < 1.29 is 14.7 Å². The van der Waals surface area contributed by atoms with Crippen LogP contribution in [0.25, 0.3) is 0 Å². The van der Waals surface area contributed by atoms with E-state index < -0.39 is 5.97 Å². The third kappa shape index (κ3) is 3.91. The van der Waals surface area contributed by atoms with Crippen molar-refractivity contribution in [3.63, 3.8) is 0 Å². The maximum absolute atomic E-state index is 12.0. The zero-order valence-electron chi connectivity index (χ0n) is 11.3. The zero-order chi connectivity index (χ0) is 15.4. The van der Waals surface area contributed by atoms with Gasteiger partial charge in [-0.05, 0) is 40.5 Å². The van der Waals surface area contributed by atoms with Crippen molar-refractivity contribution in [2.75, 3.05) is 6.54 Å². The number of aromatic carboxylic acids is 1. The Morgan fingerprint density at radius 3 is 2.81 bits per heavy atom. The van der Waals surface area contributed by atoms with Crippen LogP contribution in [0, 0.1) is 6.92 Å². The Kier molecular flexibility index (Phi) is 4.74. The summed E-state index contributed by atoms with van der Waals surface area (Å²) in [6.45, 7) is 2.79.